The van der Waals surface area contributed by atoms with Crippen LogP contribution in [0.2, 0.25) is 0 Å². The lowest BCUT2D eigenvalue weighted by molar-refractivity contribution is -0.143. The molecule has 0 spiro atoms. The van der Waals surface area contributed by atoms with Crippen molar-refractivity contribution in [2.24, 2.45) is 0 Å². The highest BCUT2D eigenvalue weighted by atomic mass is 16.4. The number of anilines is 1. The van der Waals surface area contributed by atoms with Crippen molar-refractivity contribution in [2.75, 3.05) is 11.9 Å². The second-order valence-corrected chi connectivity index (χ2v) is 6.91. The van der Waals surface area contributed by atoms with E-state index in [0.29, 0.717) is 40.8 Å². The van der Waals surface area contributed by atoms with Gasteiger partial charge in [-0.1, -0.05) is 6.07 Å². The number of likely N-dealkylation sites (tertiary alicyclic amines) is 1. The maximum absolute atomic E-state index is 12.9. The number of amides is 2. The fourth-order valence-electron chi connectivity index (χ4n) is 3.51. The molecule has 1 unspecified atom stereocenters. The summed E-state index contributed by atoms with van der Waals surface area (Å²) in [5.74, 6) is -1.69. The number of fused-ring (bicyclic) bond motifs is 1. The van der Waals surface area contributed by atoms with Crippen molar-refractivity contribution in [2.45, 2.75) is 25.3 Å². The third-order valence-electron chi connectivity index (χ3n) is 4.99. The van der Waals surface area contributed by atoms with E-state index in [0.717, 1.165) is 12.8 Å². The van der Waals surface area contributed by atoms with Crippen LogP contribution in [0.5, 0.6) is 0 Å². The van der Waals surface area contributed by atoms with Crippen LogP contribution in [0.25, 0.3) is 11.0 Å². The fraction of sp³-hybridized carbons (Fsp3) is 0.250. The standard InChI is InChI=1S/C20H19N5O4/c26-18(12-7-8-15-16(11-12)23-24-22-15)21-14-5-3-4-13(10-14)19(27)25-9-2-1-6-17(25)20(28)29/h3-5,7-8,10-11,17H,1-2,6,9H2,(H,21,26)(H,28,29)(H,22,23,24). The normalized spacial score (nSPS) is 16.6. The zero-order valence-corrected chi connectivity index (χ0v) is 15.5. The lowest BCUT2D eigenvalue weighted by atomic mass is 10.0. The molecule has 1 fully saturated rings. The van der Waals surface area contributed by atoms with Crippen molar-refractivity contribution in [3.8, 4) is 0 Å². The topological polar surface area (TPSA) is 128 Å². The summed E-state index contributed by atoms with van der Waals surface area (Å²) in [4.78, 5) is 38.3. The molecule has 0 bridgehead atoms. The summed E-state index contributed by atoms with van der Waals surface area (Å²) in [5.41, 5.74) is 2.42. The zero-order valence-electron chi connectivity index (χ0n) is 15.5. The van der Waals surface area contributed by atoms with Gasteiger partial charge in [-0.2, -0.15) is 15.4 Å². The number of aliphatic carboxylic acids is 1. The molecule has 3 N–H and O–H groups in total. The van der Waals surface area contributed by atoms with Gasteiger partial charge in [0.1, 0.15) is 17.1 Å². The minimum absolute atomic E-state index is 0.336. The summed E-state index contributed by atoms with van der Waals surface area (Å²) < 4.78 is 0. The minimum Gasteiger partial charge on any atom is -0.480 e. The molecular formula is C20H19N5O4. The van der Waals surface area contributed by atoms with Crippen molar-refractivity contribution in [1.29, 1.82) is 0 Å². The lowest BCUT2D eigenvalue weighted by Crippen LogP contribution is -2.48. The van der Waals surface area contributed by atoms with E-state index in [-0.39, 0.29) is 11.8 Å². The smallest absolute Gasteiger partial charge is 0.326 e. The first-order valence-corrected chi connectivity index (χ1v) is 9.28. The molecule has 0 saturated carbocycles. The molecule has 1 atom stereocenters. The number of H-pyrrole nitrogens is 1. The number of nitrogens with one attached hydrogen (secondary N) is 2. The number of rotatable bonds is 4. The zero-order chi connectivity index (χ0) is 20.4. The van der Waals surface area contributed by atoms with Crippen molar-refractivity contribution in [3.05, 3.63) is 53.6 Å². The van der Waals surface area contributed by atoms with Crippen LogP contribution < -0.4 is 5.32 Å². The molecule has 2 heterocycles. The molecule has 1 aromatic heterocycles. The predicted molar refractivity (Wildman–Crippen MR) is 105 cm³/mol. The Hall–Kier alpha value is -3.75. The number of carbonyl (C=O) groups excluding carboxylic acids is 2. The van der Waals surface area contributed by atoms with Gasteiger partial charge >= 0.3 is 5.97 Å². The van der Waals surface area contributed by atoms with Crippen molar-refractivity contribution in [1.82, 2.24) is 20.3 Å². The van der Waals surface area contributed by atoms with E-state index in [2.05, 4.69) is 20.7 Å². The Kier molecular flexibility index (Phi) is 4.94. The Balaban J connectivity index is 1.52. The Morgan fingerprint density at radius 1 is 1.03 bits per heavy atom. The van der Waals surface area contributed by atoms with E-state index in [9.17, 15) is 19.5 Å². The second-order valence-electron chi connectivity index (χ2n) is 6.91. The van der Waals surface area contributed by atoms with Crippen LogP contribution in [-0.2, 0) is 4.79 Å². The van der Waals surface area contributed by atoms with E-state index in [4.69, 9.17) is 0 Å². The van der Waals surface area contributed by atoms with Gasteiger partial charge in [0.15, 0.2) is 0 Å². The van der Waals surface area contributed by atoms with Crippen LogP contribution in [0.15, 0.2) is 42.5 Å². The van der Waals surface area contributed by atoms with Gasteiger partial charge in [0.05, 0.1) is 0 Å². The Morgan fingerprint density at radius 2 is 1.86 bits per heavy atom. The van der Waals surface area contributed by atoms with E-state index >= 15 is 0 Å². The number of piperidine rings is 1. The molecule has 148 valence electrons. The van der Waals surface area contributed by atoms with Crippen LogP contribution in [0, 0.1) is 0 Å². The summed E-state index contributed by atoms with van der Waals surface area (Å²) in [6.07, 6.45) is 2.01. The van der Waals surface area contributed by atoms with E-state index in [1.165, 1.54) is 4.90 Å². The summed E-state index contributed by atoms with van der Waals surface area (Å²) >= 11 is 0. The SMILES string of the molecule is O=C(Nc1cccc(C(=O)N2CCCCC2C(=O)O)c1)c1ccc2n[nH]nc2c1. The highest BCUT2D eigenvalue weighted by Gasteiger charge is 2.32. The molecule has 9 heteroatoms. The highest BCUT2D eigenvalue weighted by molar-refractivity contribution is 6.06. The number of hydrogen-bond donors (Lipinski definition) is 3. The molecule has 9 nitrogen and oxygen atoms in total. The molecular weight excluding hydrogens is 374 g/mol. The number of aromatic amines is 1. The third-order valence-corrected chi connectivity index (χ3v) is 4.99. The first-order valence-electron chi connectivity index (χ1n) is 9.28. The number of carboxylic acids is 1. The van der Waals surface area contributed by atoms with Gasteiger partial charge in [-0.25, -0.2) is 4.79 Å². The molecule has 0 aliphatic carbocycles. The van der Waals surface area contributed by atoms with Gasteiger partial charge in [-0.15, -0.1) is 0 Å². The number of carboxylic acid groups (broad SMARTS) is 1. The monoisotopic (exact) mass is 393 g/mol. The number of hydrogen-bond acceptors (Lipinski definition) is 5. The number of nitrogens with zero attached hydrogens (tertiary/aromatic N) is 3. The van der Waals surface area contributed by atoms with Gasteiger partial charge in [-0.3, -0.25) is 9.59 Å². The second kappa shape index (κ2) is 7.70. The first kappa shape index (κ1) is 18.6. The first-order chi connectivity index (χ1) is 14.0. The molecule has 29 heavy (non-hydrogen) atoms. The molecule has 1 aliphatic rings. The van der Waals surface area contributed by atoms with Crippen molar-refractivity contribution < 1.29 is 19.5 Å². The molecule has 0 radical (unpaired) electrons. The van der Waals surface area contributed by atoms with Crippen molar-refractivity contribution in [3.63, 3.8) is 0 Å². The average Bonchev–Trinajstić information content (AvgIpc) is 3.21. The Morgan fingerprint density at radius 3 is 2.69 bits per heavy atom. The van der Waals surface area contributed by atoms with Gasteiger partial charge < -0.3 is 15.3 Å². The van der Waals surface area contributed by atoms with Crippen molar-refractivity contribution >= 4 is 34.5 Å². The lowest BCUT2D eigenvalue weighted by Gasteiger charge is -2.33. The molecule has 1 saturated heterocycles. The number of benzene rings is 2. The van der Waals surface area contributed by atoms with Crippen LogP contribution in [-0.4, -0.2) is 55.8 Å². The molecule has 2 aromatic carbocycles. The quantitative estimate of drug-likeness (QED) is 0.624. The number of carbonyl (C=O) groups is 3. The van der Waals surface area contributed by atoms with E-state index < -0.39 is 12.0 Å². The maximum Gasteiger partial charge on any atom is 0.326 e. The molecule has 4 rings (SSSR count). The van der Waals surface area contributed by atoms with Crippen LogP contribution >= 0.6 is 0 Å². The predicted octanol–water partition coefficient (Wildman–Crippen LogP) is 2.29. The molecule has 2 amide bonds. The maximum atomic E-state index is 12.9. The van der Waals surface area contributed by atoms with Gasteiger partial charge in [0.2, 0.25) is 0 Å². The Labute approximate surface area is 165 Å². The van der Waals surface area contributed by atoms with E-state index in [1.54, 1.807) is 42.5 Å². The van der Waals surface area contributed by atoms with Gasteiger partial charge in [0.25, 0.3) is 11.8 Å². The summed E-state index contributed by atoms with van der Waals surface area (Å²) in [7, 11) is 0. The van der Waals surface area contributed by atoms with Crippen LogP contribution in [0.1, 0.15) is 40.0 Å². The fourth-order valence-corrected chi connectivity index (χ4v) is 3.51. The largest absolute Gasteiger partial charge is 0.480 e. The number of aromatic nitrogens is 3. The highest BCUT2D eigenvalue weighted by Crippen LogP contribution is 2.22. The van der Waals surface area contributed by atoms with Gasteiger partial charge in [0, 0.05) is 23.4 Å². The van der Waals surface area contributed by atoms with Crippen LogP contribution in [0.3, 0.4) is 0 Å². The van der Waals surface area contributed by atoms with Crippen LogP contribution in [0.4, 0.5) is 5.69 Å². The van der Waals surface area contributed by atoms with E-state index in [1.807, 2.05) is 0 Å². The third kappa shape index (κ3) is 3.79. The molecule has 1 aliphatic heterocycles. The van der Waals surface area contributed by atoms with Gasteiger partial charge in [-0.05, 0) is 55.7 Å². The summed E-state index contributed by atoms with van der Waals surface area (Å²) in [5, 5.41) is 22.6. The summed E-state index contributed by atoms with van der Waals surface area (Å²) in [6.45, 7) is 0.407. The summed E-state index contributed by atoms with van der Waals surface area (Å²) in [6, 6.07) is 10.6. The average molecular weight is 393 g/mol. The minimum atomic E-state index is -0.995. The Bertz CT molecular complexity index is 1090. The molecule has 3 aromatic rings.